The normalized spacial score (nSPS) is 26.2. The Hall–Kier alpha value is -1.22. The first-order chi connectivity index (χ1) is 7.25. The molecular formula is C12H18N2O. The molecule has 0 heterocycles. The van der Waals surface area contributed by atoms with Gasteiger partial charge in [0.05, 0.1) is 17.5 Å². The summed E-state index contributed by atoms with van der Waals surface area (Å²) < 4.78 is 0. The summed E-state index contributed by atoms with van der Waals surface area (Å²) in [4.78, 5) is 0. The smallest absolute Gasteiger partial charge is 0.0576 e. The van der Waals surface area contributed by atoms with Crippen LogP contribution in [0.5, 0.6) is 0 Å². The molecule has 0 amide bonds. The van der Waals surface area contributed by atoms with Gasteiger partial charge in [0.25, 0.3) is 0 Å². The zero-order valence-electron chi connectivity index (χ0n) is 8.82. The molecule has 2 atom stereocenters. The zero-order valence-corrected chi connectivity index (χ0v) is 8.82. The molecule has 0 aromatic heterocycles. The van der Waals surface area contributed by atoms with E-state index in [2.05, 4.69) is 5.32 Å². The minimum Gasteiger partial charge on any atom is -0.397 e. The number of nitrogens with two attached hydrogens (primary N) is 1. The van der Waals surface area contributed by atoms with Crippen molar-refractivity contribution >= 4 is 11.4 Å². The van der Waals surface area contributed by atoms with Gasteiger partial charge in [0, 0.05) is 6.04 Å². The Morgan fingerprint density at radius 1 is 1.27 bits per heavy atom. The Balaban J connectivity index is 1.99. The maximum atomic E-state index is 9.56. The quantitative estimate of drug-likeness (QED) is 0.648. The molecule has 1 aliphatic carbocycles. The molecule has 1 aromatic rings. The maximum Gasteiger partial charge on any atom is 0.0576 e. The molecule has 0 spiro atoms. The highest BCUT2D eigenvalue weighted by atomic mass is 16.3. The van der Waals surface area contributed by atoms with Gasteiger partial charge in [0.1, 0.15) is 0 Å². The lowest BCUT2D eigenvalue weighted by molar-refractivity contribution is 0.124. The number of para-hydroxylation sites is 2. The summed E-state index contributed by atoms with van der Waals surface area (Å²) in [6.45, 7) is 0. The van der Waals surface area contributed by atoms with Crippen molar-refractivity contribution < 1.29 is 5.11 Å². The van der Waals surface area contributed by atoms with Crippen LogP contribution in [0.2, 0.25) is 0 Å². The first-order valence-electron chi connectivity index (χ1n) is 5.55. The topological polar surface area (TPSA) is 58.3 Å². The lowest BCUT2D eigenvalue weighted by Crippen LogP contribution is -2.30. The average Bonchev–Trinajstić information content (AvgIpc) is 2.22. The van der Waals surface area contributed by atoms with Crippen molar-refractivity contribution in [1.82, 2.24) is 0 Å². The van der Waals surface area contributed by atoms with Gasteiger partial charge in [-0.25, -0.2) is 0 Å². The van der Waals surface area contributed by atoms with Crippen LogP contribution in [-0.2, 0) is 0 Å². The van der Waals surface area contributed by atoms with Crippen LogP contribution in [0.1, 0.15) is 25.7 Å². The van der Waals surface area contributed by atoms with Gasteiger partial charge in [-0.3, -0.25) is 0 Å². The molecule has 0 unspecified atom stereocenters. The first kappa shape index (κ1) is 10.3. The SMILES string of the molecule is Nc1ccccc1N[C@H]1CCC[C@H](O)C1. The van der Waals surface area contributed by atoms with Crippen molar-refractivity contribution in [2.45, 2.75) is 37.8 Å². The maximum absolute atomic E-state index is 9.56. The summed E-state index contributed by atoms with van der Waals surface area (Å²) in [6.07, 6.45) is 3.81. The van der Waals surface area contributed by atoms with E-state index < -0.39 is 0 Å². The second-order valence-electron chi connectivity index (χ2n) is 4.25. The Bertz CT molecular complexity index is 327. The second-order valence-corrected chi connectivity index (χ2v) is 4.25. The highest BCUT2D eigenvalue weighted by Crippen LogP contribution is 2.24. The molecule has 0 bridgehead atoms. The van der Waals surface area contributed by atoms with Gasteiger partial charge in [-0.2, -0.15) is 0 Å². The highest BCUT2D eigenvalue weighted by Gasteiger charge is 2.20. The lowest BCUT2D eigenvalue weighted by Gasteiger charge is -2.27. The Morgan fingerprint density at radius 3 is 2.80 bits per heavy atom. The lowest BCUT2D eigenvalue weighted by atomic mass is 9.93. The molecule has 1 aromatic carbocycles. The van der Waals surface area contributed by atoms with Crippen LogP contribution in [0.15, 0.2) is 24.3 Å². The summed E-state index contributed by atoms with van der Waals surface area (Å²) in [7, 11) is 0. The molecule has 1 aliphatic rings. The molecule has 0 saturated heterocycles. The molecule has 3 heteroatoms. The van der Waals surface area contributed by atoms with E-state index >= 15 is 0 Å². The Kier molecular flexibility index (Phi) is 3.11. The van der Waals surface area contributed by atoms with Crippen molar-refractivity contribution in [3.8, 4) is 0 Å². The van der Waals surface area contributed by atoms with Gasteiger partial charge in [-0.05, 0) is 37.8 Å². The van der Waals surface area contributed by atoms with Crippen LogP contribution in [0.3, 0.4) is 0 Å². The third-order valence-electron chi connectivity index (χ3n) is 2.97. The molecule has 82 valence electrons. The molecule has 0 aliphatic heterocycles. The summed E-state index contributed by atoms with van der Waals surface area (Å²) >= 11 is 0. The van der Waals surface area contributed by atoms with E-state index in [-0.39, 0.29) is 6.10 Å². The van der Waals surface area contributed by atoms with E-state index in [0.29, 0.717) is 6.04 Å². The molecule has 1 fully saturated rings. The van der Waals surface area contributed by atoms with Crippen LogP contribution in [-0.4, -0.2) is 17.3 Å². The summed E-state index contributed by atoms with van der Waals surface area (Å²) in [5, 5.41) is 13.0. The number of nitrogen functional groups attached to an aromatic ring is 1. The number of benzene rings is 1. The van der Waals surface area contributed by atoms with Crippen LogP contribution in [0.4, 0.5) is 11.4 Å². The number of anilines is 2. The molecule has 1 saturated carbocycles. The van der Waals surface area contributed by atoms with E-state index in [9.17, 15) is 5.11 Å². The fourth-order valence-corrected chi connectivity index (χ4v) is 2.14. The number of nitrogens with one attached hydrogen (secondary N) is 1. The molecular weight excluding hydrogens is 188 g/mol. The van der Waals surface area contributed by atoms with E-state index in [0.717, 1.165) is 37.1 Å². The number of hydrogen-bond donors (Lipinski definition) is 3. The van der Waals surface area contributed by atoms with Gasteiger partial charge >= 0.3 is 0 Å². The van der Waals surface area contributed by atoms with Gasteiger partial charge in [0.15, 0.2) is 0 Å². The van der Waals surface area contributed by atoms with Crippen molar-refractivity contribution in [3.63, 3.8) is 0 Å². The number of rotatable bonds is 2. The van der Waals surface area contributed by atoms with Crippen LogP contribution >= 0.6 is 0 Å². The van der Waals surface area contributed by atoms with Crippen LogP contribution in [0.25, 0.3) is 0 Å². The number of aliphatic hydroxyl groups excluding tert-OH is 1. The first-order valence-corrected chi connectivity index (χ1v) is 5.55. The Morgan fingerprint density at radius 2 is 2.07 bits per heavy atom. The van der Waals surface area contributed by atoms with E-state index in [1.165, 1.54) is 0 Å². The van der Waals surface area contributed by atoms with Gasteiger partial charge in [0.2, 0.25) is 0 Å². The summed E-state index contributed by atoms with van der Waals surface area (Å²) in [5.41, 5.74) is 7.61. The third kappa shape index (κ3) is 2.63. The minimum absolute atomic E-state index is 0.152. The number of aliphatic hydroxyl groups is 1. The molecule has 15 heavy (non-hydrogen) atoms. The van der Waals surface area contributed by atoms with Gasteiger partial charge in [-0.15, -0.1) is 0 Å². The van der Waals surface area contributed by atoms with E-state index in [4.69, 9.17) is 5.73 Å². The molecule has 3 nitrogen and oxygen atoms in total. The zero-order chi connectivity index (χ0) is 10.7. The highest BCUT2D eigenvalue weighted by molar-refractivity contribution is 5.65. The third-order valence-corrected chi connectivity index (χ3v) is 2.97. The Labute approximate surface area is 90.3 Å². The molecule has 2 rings (SSSR count). The standard InChI is InChI=1S/C12H18N2O/c13-11-6-1-2-7-12(11)14-9-4-3-5-10(15)8-9/h1-2,6-7,9-10,14-15H,3-5,8,13H2/t9-,10-/m0/s1. The van der Waals surface area contributed by atoms with Gasteiger partial charge in [-0.1, -0.05) is 12.1 Å². The molecule has 4 N–H and O–H groups in total. The van der Waals surface area contributed by atoms with E-state index in [1.807, 2.05) is 24.3 Å². The largest absolute Gasteiger partial charge is 0.397 e. The van der Waals surface area contributed by atoms with Crippen molar-refractivity contribution in [2.75, 3.05) is 11.1 Å². The van der Waals surface area contributed by atoms with Crippen molar-refractivity contribution in [3.05, 3.63) is 24.3 Å². The monoisotopic (exact) mass is 206 g/mol. The van der Waals surface area contributed by atoms with Gasteiger partial charge < -0.3 is 16.2 Å². The summed E-state index contributed by atoms with van der Waals surface area (Å²) in [6, 6.07) is 8.13. The van der Waals surface area contributed by atoms with Crippen molar-refractivity contribution in [2.24, 2.45) is 0 Å². The second kappa shape index (κ2) is 4.53. The van der Waals surface area contributed by atoms with Crippen LogP contribution < -0.4 is 11.1 Å². The summed E-state index contributed by atoms with van der Waals surface area (Å²) in [5.74, 6) is 0. The van der Waals surface area contributed by atoms with Crippen molar-refractivity contribution in [1.29, 1.82) is 0 Å². The molecule has 0 radical (unpaired) electrons. The predicted molar refractivity (Wildman–Crippen MR) is 62.7 cm³/mol. The average molecular weight is 206 g/mol. The fourth-order valence-electron chi connectivity index (χ4n) is 2.14. The number of hydrogen-bond acceptors (Lipinski definition) is 3. The fraction of sp³-hybridized carbons (Fsp3) is 0.500. The predicted octanol–water partition coefficient (Wildman–Crippen LogP) is 1.98. The van der Waals surface area contributed by atoms with E-state index in [1.54, 1.807) is 0 Å². The van der Waals surface area contributed by atoms with Crippen LogP contribution in [0, 0.1) is 0 Å². The minimum atomic E-state index is -0.152.